The number of benzene rings is 1. The van der Waals surface area contributed by atoms with Crippen LogP contribution in [0.3, 0.4) is 0 Å². The van der Waals surface area contributed by atoms with Gasteiger partial charge >= 0.3 is 12.1 Å². The van der Waals surface area contributed by atoms with Gasteiger partial charge in [-0.25, -0.2) is 0 Å². The maximum Gasteiger partial charge on any atom is 0.416 e. The van der Waals surface area contributed by atoms with Crippen molar-refractivity contribution in [1.29, 1.82) is 0 Å². The summed E-state index contributed by atoms with van der Waals surface area (Å²) in [6.07, 6.45) is -1.47. The van der Waals surface area contributed by atoms with Gasteiger partial charge < -0.3 is 9.64 Å². The molecule has 3 saturated heterocycles. The zero-order valence-corrected chi connectivity index (χ0v) is 15.8. The van der Waals surface area contributed by atoms with Crippen LogP contribution in [0.2, 0.25) is 0 Å². The third-order valence-corrected chi connectivity index (χ3v) is 6.22. The Morgan fingerprint density at radius 1 is 0.929 bits per heavy atom. The summed E-state index contributed by atoms with van der Waals surface area (Å²) in [4.78, 5) is 18.5. The van der Waals surface area contributed by atoms with Crippen molar-refractivity contribution in [3.63, 3.8) is 0 Å². The number of piperazine rings is 1. The predicted molar refractivity (Wildman–Crippen MR) is 99.2 cm³/mol. The first-order chi connectivity index (χ1) is 13.4. The first-order valence-corrected chi connectivity index (χ1v) is 9.99. The van der Waals surface area contributed by atoms with Crippen LogP contribution in [0.4, 0.5) is 18.9 Å². The average molecular weight is 397 g/mol. The monoisotopic (exact) mass is 397 g/mol. The van der Waals surface area contributed by atoms with E-state index in [1.165, 1.54) is 12.1 Å². The van der Waals surface area contributed by atoms with Crippen molar-refractivity contribution in [2.75, 3.05) is 50.8 Å². The van der Waals surface area contributed by atoms with Crippen LogP contribution in [0, 0.1) is 0 Å². The SMILES string of the molecule is O=C1OCCC1N1CCC(N2CCN(c3cccc(C(F)(F)F)c3)CC2)CC1. The lowest BCUT2D eigenvalue weighted by molar-refractivity contribution is -0.143. The number of anilines is 1. The highest BCUT2D eigenvalue weighted by atomic mass is 19.4. The second-order valence-corrected chi connectivity index (χ2v) is 7.81. The Kier molecular flexibility index (Phi) is 5.51. The molecule has 3 aliphatic heterocycles. The number of rotatable bonds is 3. The highest BCUT2D eigenvalue weighted by Gasteiger charge is 2.36. The predicted octanol–water partition coefficient (Wildman–Crippen LogP) is 2.61. The first-order valence-electron chi connectivity index (χ1n) is 9.99. The summed E-state index contributed by atoms with van der Waals surface area (Å²) in [7, 11) is 0. The highest BCUT2D eigenvalue weighted by Crippen LogP contribution is 2.32. The number of carbonyl (C=O) groups excluding carboxylic acids is 1. The summed E-state index contributed by atoms with van der Waals surface area (Å²) < 4.78 is 43.9. The molecular weight excluding hydrogens is 371 g/mol. The molecule has 1 aromatic rings. The molecule has 0 bridgehead atoms. The average Bonchev–Trinajstić information content (AvgIpc) is 3.14. The van der Waals surface area contributed by atoms with Crippen LogP contribution in [-0.4, -0.2) is 73.7 Å². The molecule has 5 nitrogen and oxygen atoms in total. The van der Waals surface area contributed by atoms with Crippen LogP contribution >= 0.6 is 0 Å². The molecule has 0 aromatic heterocycles. The van der Waals surface area contributed by atoms with E-state index in [2.05, 4.69) is 9.80 Å². The number of carbonyl (C=O) groups is 1. The smallest absolute Gasteiger partial charge is 0.416 e. The van der Waals surface area contributed by atoms with Crippen molar-refractivity contribution in [2.24, 2.45) is 0 Å². The zero-order chi connectivity index (χ0) is 19.7. The van der Waals surface area contributed by atoms with E-state index in [4.69, 9.17) is 4.74 Å². The van der Waals surface area contributed by atoms with E-state index in [9.17, 15) is 18.0 Å². The van der Waals surface area contributed by atoms with Gasteiger partial charge in [0.2, 0.25) is 0 Å². The van der Waals surface area contributed by atoms with Crippen molar-refractivity contribution < 1.29 is 22.7 Å². The van der Waals surface area contributed by atoms with Crippen LogP contribution in [0.15, 0.2) is 24.3 Å². The van der Waals surface area contributed by atoms with Gasteiger partial charge in [0.25, 0.3) is 0 Å². The van der Waals surface area contributed by atoms with Gasteiger partial charge in [0, 0.05) is 57.4 Å². The number of cyclic esters (lactones) is 1. The fourth-order valence-corrected chi connectivity index (χ4v) is 4.60. The van der Waals surface area contributed by atoms with Gasteiger partial charge in [0.05, 0.1) is 12.2 Å². The second kappa shape index (κ2) is 7.91. The van der Waals surface area contributed by atoms with E-state index >= 15 is 0 Å². The molecule has 0 spiro atoms. The highest BCUT2D eigenvalue weighted by molar-refractivity contribution is 5.77. The Balaban J connectivity index is 1.29. The van der Waals surface area contributed by atoms with Crippen molar-refractivity contribution in [3.8, 4) is 0 Å². The summed E-state index contributed by atoms with van der Waals surface area (Å²) >= 11 is 0. The zero-order valence-electron chi connectivity index (χ0n) is 15.8. The Bertz CT molecular complexity index is 696. The second-order valence-electron chi connectivity index (χ2n) is 7.81. The Morgan fingerprint density at radius 3 is 2.25 bits per heavy atom. The molecule has 0 amide bonds. The number of hydrogen-bond donors (Lipinski definition) is 0. The molecule has 28 heavy (non-hydrogen) atoms. The first kappa shape index (κ1) is 19.5. The minimum atomic E-state index is -4.31. The lowest BCUT2D eigenvalue weighted by Crippen LogP contribution is -2.54. The molecule has 1 aromatic carbocycles. The van der Waals surface area contributed by atoms with Crippen LogP contribution in [-0.2, 0) is 15.7 Å². The maximum absolute atomic E-state index is 12.9. The molecule has 3 heterocycles. The molecule has 4 rings (SSSR count). The molecular formula is C20H26F3N3O2. The summed E-state index contributed by atoms with van der Waals surface area (Å²) in [5.41, 5.74) is 0.0503. The number of alkyl halides is 3. The van der Waals surface area contributed by atoms with Gasteiger partial charge in [0.1, 0.15) is 6.04 Å². The fraction of sp³-hybridized carbons (Fsp3) is 0.650. The van der Waals surface area contributed by atoms with Gasteiger partial charge in [-0.05, 0) is 31.0 Å². The normalized spacial score (nSPS) is 25.9. The molecule has 0 saturated carbocycles. The molecule has 1 atom stereocenters. The molecule has 3 aliphatic rings. The summed E-state index contributed by atoms with van der Waals surface area (Å²) in [5.74, 6) is -0.0897. The maximum atomic E-state index is 12.9. The Morgan fingerprint density at radius 2 is 1.64 bits per heavy atom. The molecule has 1 unspecified atom stereocenters. The number of likely N-dealkylation sites (tertiary alicyclic amines) is 1. The molecule has 0 aliphatic carbocycles. The summed E-state index contributed by atoms with van der Waals surface area (Å²) in [6.45, 7) is 5.50. The van der Waals surface area contributed by atoms with Crippen LogP contribution in [0.1, 0.15) is 24.8 Å². The number of piperidine rings is 1. The van der Waals surface area contributed by atoms with Crippen molar-refractivity contribution in [3.05, 3.63) is 29.8 Å². The van der Waals surface area contributed by atoms with Gasteiger partial charge in [-0.1, -0.05) is 6.07 Å². The molecule has 154 valence electrons. The Hall–Kier alpha value is -1.80. The fourth-order valence-electron chi connectivity index (χ4n) is 4.60. The van der Waals surface area contributed by atoms with E-state index in [0.717, 1.165) is 64.6 Å². The van der Waals surface area contributed by atoms with E-state index in [1.54, 1.807) is 6.07 Å². The van der Waals surface area contributed by atoms with Gasteiger partial charge in [-0.2, -0.15) is 13.2 Å². The van der Waals surface area contributed by atoms with E-state index < -0.39 is 11.7 Å². The number of nitrogens with zero attached hydrogens (tertiary/aromatic N) is 3. The molecule has 0 radical (unpaired) electrons. The Labute approximate surface area is 163 Å². The topological polar surface area (TPSA) is 36.0 Å². The number of hydrogen-bond acceptors (Lipinski definition) is 5. The van der Waals surface area contributed by atoms with Gasteiger partial charge in [-0.3, -0.25) is 14.6 Å². The van der Waals surface area contributed by atoms with Crippen molar-refractivity contribution in [2.45, 2.75) is 37.5 Å². The minimum absolute atomic E-state index is 0.0706. The third-order valence-electron chi connectivity index (χ3n) is 6.22. The van der Waals surface area contributed by atoms with Crippen molar-refractivity contribution in [1.82, 2.24) is 9.80 Å². The summed E-state index contributed by atoms with van der Waals surface area (Å²) in [5, 5.41) is 0. The quantitative estimate of drug-likeness (QED) is 0.733. The van der Waals surface area contributed by atoms with E-state index in [-0.39, 0.29) is 12.0 Å². The molecule has 3 fully saturated rings. The van der Waals surface area contributed by atoms with Crippen molar-refractivity contribution >= 4 is 11.7 Å². The van der Waals surface area contributed by atoms with Crippen LogP contribution in [0.25, 0.3) is 0 Å². The third kappa shape index (κ3) is 4.12. The lowest BCUT2D eigenvalue weighted by atomic mass is 10.00. The summed E-state index contributed by atoms with van der Waals surface area (Å²) in [6, 6.07) is 6.01. The molecule has 8 heteroatoms. The van der Waals surface area contributed by atoms with E-state index in [1.807, 2.05) is 4.90 Å². The van der Waals surface area contributed by atoms with Crippen LogP contribution in [0.5, 0.6) is 0 Å². The van der Waals surface area contributed by atoms with E-state index in [0.29, 0.717) is 18.3 Å². The van der Waals surface area contributed by atoms with Gasteiger partial charge in [-0.15, -0.1) is 0 Å². The van der Waals surface area contributed by atoms with Crippen LogP contribution < -0.4 is 4.90 Å². The number of esters is 1. The number of halogens is 3. The minimum Gasteiger partial charge on any atom is -0.464 e. The standard InChI is InChI=1S/C20H26F3N3O2/c21-20(22,23)15-2-1-3-17(14-15)25-11-9-24(10-12-25)16-4-7-26(8-5-16)18-6-13-28-19(18)27/h1-3,14,16,18H,4-13H2. The lowest BCUT2D eigenvalue weighted by Gasteiger charge is -2.44. The molecule has 0 N–H and O–H groups in total. The number of ether oxygens (including phenoxy) is 1. The largest absolute Gasteiger partial charge is 0.464 e. The van der Waals surface area contributed by atoms with Gasteiger partial charge in [0.15, 0.2) is 0 Å².